The van der Waals surface area contributed by atoms with E-state index in [0.717, 1.165) is 0 Å². The van der Waals surface area contributed by atoms with Crippen molar-refractivity contribution in [3.63, 3.8) is 0 Å². The van der Waals surface area contributed by atoms with Crippen LogP contribution < -0.4 is 0 Å². The molecule has 0 atom stereocenters. The van der Waals surface area contributed by atoms with Crippen molar-refractivity contribution in [3.05, 3.63) is 11.3 Å². The highest BCUT2D eigenvalue weighted by Gasteiger charge is 2.15. The molecule has 3 heteroatoms. The predicted molar refractivity (Wildman–Crippen MR) is 50.5 cm³/mol. The van der Waals surface area contributed by atoms with Gasteiger partial charge in [0, 0.05) is 0 Å². The minimum Gasteiger partial charge on any atom is -0.196 e. The number of aromatic nitrogens is 1. The predicted octanol–water partition coefficient (Wildman–Crippen LogP) is 2.74. The Morgan fingerprint density at radius 3 is 3.00 bits per heavy atom. The van der Waals surface area contributed by atoms with Crippen LogP contribution in [0.15, 0.2) is 4.21 Å². The lowest BCUT2D eigenvalue weighted by Crippen LogP contribution is -2.00. The Hall–Kier alpha value is -0.0200. The highest BCUT2D eigenvalue weighted by atomic mass is 32.2. The molecular formula is C8H11NS2. The third kappa shape index (κ3) is 1.32. The van der Waals surface area contributed by atoms with E-state index in [1.807, 2.05) is 11.8 Å². The highest BCUT2D eigenvalue weighted by molar-refractivity contribution is 8.00. The molecule has 0 unspecified atom stereocenters. The molecule has 0 amide bonds. The summed E-state index contributed by atoms with van der Waals surface area (Å²) < 4.78 is 5.89. The summed E-state index contributed by atoms with van der Waals surface area (Å²) in [6, 6.07) is 0. The zero-order valence-electron chi connectivity index (χ0n) is 6.59. The molecule has 0 bridgehead atoms. The number of aryl methyl sites for hydroxylation is 1. The van der Waals surface area contributed by atoms with E-state index in [0.29, 0.717) is 0 Å². The summed E-state index contributed by atoms with van der Waals surface area (Å²) in [7, 11) is 0. The first-order valence-electron chi connectivity index (χ1n) is 3.93. The van der Waals surface area contributed by atoms with Crippen molar-refractivity contribution >= 4 is 23.3 Å². The van der Waals surface area contributed by atoms with Crippen LogP contribution in [0.1, 0.15) is 24.1 Å². The van der Waals surface area contributed by atoms with E-state index in [4.69, 9.17) is 0 Å². The Bertz CT molecular complexity index is 241. The lowest BCUT2D eigenvalue weighted by Gasteiger charge is -2.09. The summed E-state index contributed by atoms with van der Waals surface area (Å²) in [5.74, 6) is 0. The molecule has 1 heterocycles. The Morgan fingerprint density at radius 1 is 1.36 bits per heavy atom. The Kier molecular flexibility index (Phi) is 2.18. The van der Waals surface area contributed by atoms with Crippen LogP contribution in [0.4, 0.5) is 0 Å². The topological polar surface area (TPSA) is 12.9 Å². The molecule has 1 aromatic heterocycles. The summed E-state index contributed by atoms with van der Waals surface area (Å²) in [6.45, 7) is 0. The smallest absolute Gasteiger partial charge is 0.0838 e. The maximum atomic E-state index is 4.45. The average Bonchev–Trinajstić information content (AvgIpc) is 2.47. The van der Waals surface area contributed by atoms with E-state index >= 15 is 0 Å². The zero-order valence-corrected chi connectivity index (χ0v) is 8.23. The molecule has 0 fully saturated rings. The third-order valence-corrected chi connectivity index (χ3v) is 4.17. The fraction of sp³-hybridized carbons (Fsp3) is 0.625. The van der Waals surface area contributed by atoms with Gasteiger partial charge in [0.25, 0.3) is 0 Å². The van der Waals surface area contributed by atoms with Gasteiger partial charge in [-0.15, -0.1) is 11.8 Å². The molecule has 0 aliphatic heterocycles. The van der Waals surface area contributed by atoms with E-state index in [1.54, 1.807) is 17.1 Å². The summed E-state index contributed by atoms with van der Waals surface area (Å²) in [5.41, 5.74) is 2.93. The molecule has 2 rings (SSSR count). The molecule has 0 N–H and O–H groups in total. The van der Waals surface area contributed by atoms with E-state index in [1.165, 1.54) is 35.6 Å². The zero-order chi connectivity index (χ0) is 7.68. The second-order valence-corrected chi connectivity index (χ2v) is 4.65. The molecule has 1 nitrogen and oxygen atoms in total. The molecule has 1 aliphatic rings. The third-order valence-electron chi connectivity index (χ3n) is 2.11. The first kappa shape index (κ1) is 7.62. The molecule has 1 aliphatic carbocycles. The van der Waals surface area contributed by atoms with Gasteiger partial charge in [0.2, 0.25) is 0 Å². The Balaban J connectivity index is 2.38. The van der Waals surface area contributed by atoms with E-state index in [2.05, 4.69) is 10.6 Å². The SMILES string of the molecule is CSc1snc2c1CCCC2. The first-order valence-corrected chi connectivity index (χ1v) is 5.93. The fourth-order valence-electron chi connectivity index (χ4n) is 1.52. The number of hydrogen-bond donors (Lipinski definition) is 0. The van der Waals surface area contributed by atoms with Crippen LogP contribution >= 0.6 is 23.3 Å². The van der Waals surface area contributed by atoms with Crippen molar-refractivity contribution in [1.29, 1.82) is 0 Å². The fourth-order valence-corrected chi connectivity index (χ4v) is 3.12. The second kappa shape index (κ2) is 3.15. The number of nitrogens with zero attached hydrogens (tertiary/aromatic N) is 1. The summed E-state index contributed by atoms with van der Waals surface area (Å²) >= 11 is 3.52. The van der Waals surface area contributed by atoms with Gasteiger partial charge in [0.05, 0.1) is 9.90 Å². The molecule has 0 saturated heterocycles. The number of rotatable bonds is 1. The number of hydrogen-bond acceptors (Lipinski definition) is 3. The molecule has 0 radical (unpaired) electrons. The monoisotopic (exact) mass is 185 g/mol. The van der Waals surface area contributed by atoms with Gasteiger partial charge in [0.15, 0.2) is 0 Å². The van der Waals surface area contributed by atoms with Gasteiger partial charge in [0.1, 0.15) is 0 Å². The van der Waals surface area contributed by atoms with Crippen LogP contribution in [0.2, 0.25) is 0 Å². The van der Waals surface area contributed by atoms with Crippen LogP contribution in [0.3, 0.4) is 0 Å². The van der Waals surface area contributed by atoms with Crippen LogP contribution in [-0.2, 0) is 12.8 Å². The molecular weight excluding hydrogens is 174 g/mol. The van der Waals surface area contributed by atoms with Crippen molar-refractivity contribution in [2.24, 2.45) is 0 Å². The van der Waals surface area contributed by atoms with E-state index in [9.17, 15) is 0 Å². The average molecular weight is 185 g/mol. The van der Waals surface area contributed by atoms with Crippen molar-refractivity contribution in [2.75, 3.05) is 6.26 Å². The lowest BCUT2D eigenvalue weighted by atomic mass is 9.99. The molecule has 11 heavy (non-hydrogen) atoms. The summed E-state index contributed by atoms with van der Waals surface area (Å²) in [6.07, 6.45) is 7.32. The van der Waals surface area contributed by atoms with Gasteiger partial charge < -0.3 is 0 Å². The van der Waals surface area contributed by atoms with E-state index < -0.39 is 0 Å². The van der Waals surface area contributed by atoms with E-state index in [-0.39, 0.29) is 0 Å². The summed E-state index contributed by atoms with van der Waals surface area (Å²) in [5, 5.41) is 0. The largest absolute Gasteiger partial charge is 0.196 e. The van der Waals surface area contributed by atoms with Gasteiger partial charge in [-0.05, 0) is 49.0 Å². The molecule has 60 valence electrons. The quantitative estimate of drug-likeness (QED) is 0.624. The maximum absolute atomic E-state index is 4.45. The highest BCUT2D eigenvalue weighted by Crippen LogP contribution is 2.32. The van der Waals surface area contributed by atoms with Gasteiger partial charge in [-0.2, -0.15) is 4.37 Å². The van der Waals surface area contributed by atoms with Crippen LogP contribution in [0, 0.1) is 0 Å². The van der Waals surface area contributed by atoms with Gasteiger partial charge in [-0.25, -0.2) is 0 Å². The van der Waals surface area contributed by atoms with Crippen molar-refractivity contribution in [1.82, 2.24) is 4.37 Å². The number of fused-ring (bicyclic) bond motifs is 1. The normalized spacial score (nSPS) is 16.5. The minimum atomic E-state index is 1.21. The van der Waals surface area contributed by atoms with Crippen molar-refractivity contribution < 1.29 is 0 Å². The summed E-state index contributed by atoms with van der Waals surface area (Å²) in [4.78, 5) is 0. The van der Waals surface area contributed by atoms with Crippen molar-refractivity contribution in [2.45, 2.75) is 29.9 Å². The standard InChI is InChI=1S/C8H11NS2/c1-10-8-6-4-2-3-5-7(6)9-11-8/h2-5H2,1H3. The Morgan fingerprint density at radius 2 is 2.18 bits per heavy atom. The number of thioether (sulfide) groups is 1. The van der Waals surface area contributed by atoms with Crippen LogP contribution in [-0.4, -0.2) is 10.6 Å². The molecule has 0 aromatic carbocycles. The van der Waals surface area contributed by atoms with Crippen molar-refractivity contribution in [3.8, 4) is 0 Å². The van der Waals surface area contributed by atoms with Crippen LogP contribution in [0.5, 0.6) is 0 Å². The van der Waals surface area contributed by atoms with Gasteiger partial charge in [-0.3, -0.25) is 0 Å². The maximum Gasteiger partial charge on any atom is 0.0838 e. The molecule has 0 spiro atoms. The Labute approximate surface area is 75.4 Å². The molecule has 0 saturated carbocycles. The molecule has 1 aromatic rings. The first-order chi connectivity index (χ1) is 5.42. The van der Waals surface area contributed by atoms with Gasteiger partial charge >= 0.3 is 0 Å². The minimum absolute atomic E-state index is 1.21. The van der Waals surface area contributed by atoms with Gasteiger partial charge in [-0.1, -0.05) is 0 Å². The van der Waals surface area contributed by atoms with Crippen LogP contribution in [0.25, 0.3) is 0 Å². The second-order valence-electron chi connectivity index (χ2n) is 2.81. The lowest BCUT2D eigenvalue weighted by molar-refractivity contribution is 0.672.